The van der Waals surface area contributed by atoms with E-state index in [1.54, 1.807) is 0 Å². The van der Waals surface area contributed by atoms with Crippen molar-refractivity contribution in [3.63, 3.8) is 0 Å². The molecule has 7 heteroatoms. The van der Waals surface area contributed by atoms with Crippen molar-refractivity contribution in [1.82, 2.24) is 9.80 Å². The Morgan fingerprint density at radius 3 is 2.73 bits per heavy atom. The van der Waals surface area contributed by atoms with Gasteiger partial charge in [0.25, 0.3) is 0 Å². The van der Waals surface area contributed by atoms with Gasteiger partial charge in [0.05, 0.1) is 13.2 Å². The molecule has 0 unspecified atom stereocenters. The summed E-state index contributed by atoms with van der Waals surface area (Å²) >= 11 is 11.4. The van der Waals surface area contributed by atoms with Crippen molar-refractivity contribution < 1.29 is 9.53 Å². The Balaban J connectivity index is 1.78. The van der Waals surface area contributed by atoms with Gasteiger partial charge in [-0.3, -0.25) is 9.69 Å². The van der Waals surface area contributed by atoms with Crippen LogP contribution in [0.5, 0.6) is 0 Å². The zero-order chi connectivity index (χ0) is 15.9. The largest absolute Gasteiger partial charge is 0.465 e. The monoisotopic (exact) mass is 341 g/mol. The van der Waals surface area contributed by atoms with Crippen LogP contribution in [0.4, 0.5) is 5.69 Å². The Bertz CT molecular complexity index is 533. The van der Waals surface area contributed by atoms with E-state index < -0.39 is 0 Å². The van der Waals surface area contributed by atoms with Crippen molar-refractivity contribution in [2.24, 2.45) is 0 Å². The molecule has 5 nitrogen and oxygen atoms in total. The lowest BCUT2D eigenvalue weighted by Gasteiger charge is -2.35. The molecule has 1 saturated heterocycles. The lowest BCUT2D eigenvalue weighted by molar-refractivity contribution is -0.144. The molecule has 22 heavy (non-hydrogen) atoms. The second-order valence-corrected chi connectivity index (χ2v) is 5.83. The average molecular weight is 342 g/mol. The maximum Gasteiger partial charge on any atom is 0.320 e. The lowest BCUT2D eigenvalue weighted by Crippen LogP contribution is -2.51. The Hall–Kier alpha value is -1.37. The third-order valence-corrected chi connectivity index (χ3v) is 3.99. The molecule has 0 bridgehead atoms. The van der Waals surface area contributed by atoms with E-state index in [0.717, 1.165) is 31.9 Å². The molecule has 120 valence electrons. The zero-order valence-corrected chi connectivity index (χ0v) is 14.1. The second kappa shape index (κ2) is 8.31. The molecule has 0 radical (unpaired) electrons. The van der Waals surface area contributed by atoms with Crippen LogP contribution in [0.15, 0.2) is 24.3 Å². The number of thiocarbonyl (C=S) groups is 1. The number of hydrogen-bond donors (Lipinski definition) is 1. The Morgan fingerprint density at radius 2 is 2.09 bits per heavy atom. The van der Waals surface area contributed by atoms with E-state index in [4.69, 9.17) is 28.6 Å². The van der Waals surface area contributed by atoms with Gasteiger partial charge in [-0.15, -0.1) is 0 Å². The van der Waals surface area contributed by atoms with Gasteiger partial charge < -0.3 is 15.0 Å². The third kappa shape index (κ3) is 5.12. The Kier molecular flexibility index (Phi) is 6.42. The number of halogens is 1. The standard InChI is InChI=1S/C15H20ClN3O2S/c1-2-21-14(20)11-18-6-8-19(9-7-18)15(22)17-13-5-3-4-12(16)10-13/h3-5,10H,2,6-9,11H2,1H3,(H,17,22). The highest BCUT2D eigenvalue weighted by atomic mass is 35.5. The summed E-state index contributed by atoms with van der Waals surface area (Å²) in [5.41, 5.74) is 0.881. The fourth-order valence-electron chi connectivity index (χ4n) is 2.27. The average Bonchev–Trinajstić information content (AvgIpc) is 2.48. The molecule has 1 aromatic carbocycles. The number of nitrogens with zero attached hydrogens (tertiary/aromatic N) is 2. The molecule has 2 rings (SSSR count). The number of piperazine rings is 1. The molecule has 1 aliphatic heterocycles. The highest BCUT2D eigenvalue weighted by Gasteiger charge is 2.21. The van der Waals surface area contributed by atoms with Crippen molar-refractivity contribution in [2.45, 2.75) is 6.92 Å². The van der Waals surface area contributed by atoms with E-state index in [0.29, 0.717) is 23.3 Å². The van der Waals surface area contributed by atoms with E-state index >= 15 is 0 Å². The summed E-state index contributed by atoms with van der Waals surface area (Å²) in [5.74, 6) is -0.171. The minimum atomic E-state index is -0.171. The van der Waals surface area contributed by atoms with E-state index in [2.05, 4.69) is 15.1 Å². The normalized spacial score (nSPS) is 15.5. The van der Waals surface area contributed by atoms with Crippen LogP contribution in [0.2, 0.25) is 5.02 Å². The number of hydrogen-bond acceptors (Lipinski definition) is 4. The number of carbonyl (C=O) groups is 1. The first-order valence-electron chi connectivity index (χ1n) is 7.28. The number of anilines is 1. The molecule has 0 aromatic heterocycles. The van der Waals surface area contributed by atoms with Crippen LogP contribution >= 0.6 is 23.8 Å². The molecule has 0 atom stereocenters. The van der Waals surface area contributed by atoms with Gasteiger partial charge in [-0.25, -0.2) is 0 Å². The van der Waals surface area contributed by atoms with Gasteiger partial charge in [-0.2, -0.15) is 0 Å². The van der Waals surface area contributed by atoms with Crippen LogP contribution in [0, 0.1) is 0 Å². The van der Waals surface area contributed by atoms with Crippen molar-refractivity contribution >= 4 is 40.6 Å². The summed E-state index contributed by atoms with van der Waals surface area (Å²) in [4.78, 5) is 15.6. The first-order chi connectivity index (χ1) is 10.6. The van der Waals surface area contributed by atoms with Crippen molar-refractivity contribution in [3.05, 3.63) is 29.3 Å². The number of benzene rings is 1. The van der Waals surface area contributed by atoms with Crippen LogP contribution < -0.4 is 5.32 Å². The fraction of sp³-hybridized carbons (Fsp3) is 0.467. The molecule has 1 fully saturated rings. The summed E-state index contributed by atoms with van der Waals surface area (Å²) < 4.78 is 4.96. The lowest BCUT2D eigenvalue weighted by atomic mass is 10.3. The number of carbonyl (C=O) groups excluding carboxylic acids is 1. The van der Waals surface area contributed by atoms with Gasteiger partial charge in [0, 0.05) is 36.9 Å². The van der Waals surface area contributed by atoms with Crippen LogP contribution in [0.1, 0.15) is 6.92 Å². The number of ether oxygens (including phenoxy) is 1. The first-order valence-corrected chi connectivity index (χ1v) is 8.06. The molecular weight excluding hydrogens is 322 g/mol. The summed E-state index contributed by atoms with van der Waals surface area (Å²) in [6, 6.07) is 7.47. The maximum absolute atomic E-state index is 11.5. The quantitative estimate of drug-likeness (QED) is 0.669. The van der Waals surface area contributed by atoms with Crippen LogP contribution in [0.3, 0.4) is 0 Å². The molecule has 0 aliphatic carbocycles. The molecule has 0 saturated carbocycles. The molecule has 1 heterocycles. The van der Waals surface area contributed by atoms with E-state index in [1.165, 1.54) is 0 Å². The smallest absolute Gasteiger partial charge is 0.320 e. The predicted molar refractivity (Wildman–Crippen MR) is 92.3 cm³/mol. The fourth-order valence-corrected chi connectivity index (χ4v) is 2.76. The van der Waals surface area contributed by atoms with Gasteiger partial charge >= 0.3 is 5.97 Å². The molecule has 1 aromatic rings. The van der Waals surface area contributed by atoms with Gasteiger partial charge in [-0.1, -0.05) is 17.7 Å². The van der Waals surface area contributed by atoms with Crippen LogP contribution in [-0.4, -0.2) is 60.2 Å². The topological polar surface area (TPSA) is 44.8 Å². The predicted octanol–water partition coefficient (Wildman–Crippen LogP) is 2.22. The number of nitrogens with one attached hydrogen (secondary N) is 1. The maximum atomic E-state index is 11.5. The minimum absolute atomic E-state index is 0.171. The highest BCUT2D eigenvalue weighted by Crippen LogP contribution is 2.16. The van der Waals surface area contributed by atoms with Gasteiger partial charge in [0.1, 0.15) is 0 Å². The number of rotatable bonds is 4. The highest BCUT2D eigenvalue weighted by molar-refractivity contribution is 7.80. The van der Waals surface area contributed by atoms with E-state index in [1.807, 2.05) is 31.2 Å². The summed E-state index contributed by atoms with van der Waals surface area (Å²) in [6.45, 7) is 5.72. The first kappa shape index (κ1) is 17.0. The van der Waals surface area contributed by atoms with Gasteiger partial charge in [0.2, 0.25) is 0 Å². The summed E-state index contributed by atoms with van der Waals surface area (Å²) in [5, 5.41) is 4.54. The summed E-state index contributed by atoms with van der Waals surface area (Å²) in [7, 11) is 0. The molecule has 0 spiro atoms. The van der Waals surface area contributed by atoms with Gasteiger partial charge in [0.15, 0.2) is 5.11 Å². The van der Waals surface area contributed by atoms with Crippen LogP contribution in [-0.2, 0) is 9.53 Å². The van der Waals surface area contributed by atoms with E-state index in [9.17, 15) is 4.79 Å². The number of esters is 1. The van der Waals surface area contributed by atoms with Gasteiger partial charge in [-0.05, 0) is 37.3 Å². The third-order valence-electron chi connectivity index (χ3n) is 3.39. The van der Waals surface area contributed by atoms with E-state index in [-0.39, 0.29) is 5.97 Å². The van der Waals surface area contributed by atoms with Crippen molar-refractivity contribution in [2.75, 3.05) is 44.6 Å². The van der Waals surface area contributed by atoms with Crippen LogP contribution in [0.25, 0.3) is 0 Å². The second-order valence-electron chi connectivity index (χ2n) is 5.01. The Morgan fingerprint density at radius 1 is 1.36 bits per heavy atom. The van der Waals surface area contributed by atoms with Crippen molar-refractivity contribution in [3.8, 4) is 0 Å². The zero-order valence-electron chi connectivity index (χ0n) is 12.5. The Labute approximate surface area is 141 Å². The SMILES string of the molecule is CCOC(=O)CN1CCN(C(=S)Nc2cccc(Cl)c2)CC1. The molecule has 1 aliphatic rings. The van der Waals surface area contributed by atoms with Crippen molar-refractivity contribution in [1.29, 1.82) is 0 Å². The molecule has 0 amide bonds. The molecule has 1 N–H and O–H groups in total. The molecular formula is C15H20ClN3O2S. The minimum Gasteiger partial charge on any atom is -0.465 e. The summed E-state index contributed by atoms with van der Waals surface area (Å²) in [6.07, 6.45) is 0.